The molecule has 1 fully saturated rings. The van der Waals surface area contributed by atoms with Gasteiger partial charge >= 0.3 is 0 Å². The third kappa shape index (κ3) is 2.86. The normalized spacial score (nSPS) is 21.5. The van der Waals surface area contributed by atoms with E-state index >= 15 is 0 Å². The molecule has 0 aromatic carbocycles. The highest BCUT2D eigenvalue weighted by Crippen LogP contribution is 2.23. The Morgan fingerprint density at radius 2 is 2.13 bits per heavy atom. The second-order valence-electron chi connectivity index (χ2n) is 6.25. The lowest BCUT2D eigenvalue weighted by Crippen LogP contribution is -2.39. The summed E-state index contributed by atoms with van der Waals surface area (Å²) >= 11 is 0. The van der Waals surface area contributed by atoms with Gasteiger partial charge in [0.1, 0.15) is 18.4 Å². The average molecular weight is 318 g/mol. The van der Waals surface area contributed by atoms with Crippen molar-refractivity contribution in [3.63, 3.8) is 0 Å². The van der Waals surface area contributed by atoms with Crippen molar-refractivity contribution in [3.8, 4) is 0 Å². The van der Waals surface area contributed by atoms with Gasteiger partial charge in [-0.25, -0.2) is 9.20 Å². The van der Waals surface area contributed by atoms with Crippen LogP contribution in [0, 0.1) is 5.92 Å². The van der Waals surface area contributed by atoms with Crippen LogP contribution in [0.1, 0.15) is 13.3 Å². The van der Waals surface area contributed by atoms with Gasteiger partial charge in [-0.05, 0) is 26.1 Å². The Hall–Kier alpha value is -2.22. The Balaban J connectivity index is 1.76. The monoisotopic (exact) mass is 318 g/mol. The molecule has 0 aliphatic carbocycles. The summed E-state index contributed by atoms with van der Waals surface area (Å²) in [6.07, 6.45) is 4.02. The molecule has 2 aromatic heterocycles. The number of hydrogen-bond donors (Lipinski definition) is 0. The third-order valence-electron chi connectivity index (χ3n) is 4.66. The van der Waals surface area contributed by atoms with E-state index in [1.165, 1.54) is 15.5 Å². The Morgan fingerprint density at radius 3 is 2.78 bits per heavy atom. The number of carbonyl (C=O) groups excluding carboxylic acids is 1. The molecule has 0 radical (unpaired) electrons. The van der Waals surface area contributed by atoms with Crippen molar-refractivity contribution in [1.29, 1.82) is 0 Å². The minimum atomic E-state index is -0.297. The first-order valence-corrected chi connectivity index (χ1v) is 7.85. The predicted octanol–water partition coefficient (Wildman–Crippen LogP) is -0.310. The molecule has 8 heteroatoms. The predicted molar refractivity (Wildman–Crippen MR) is 85.1 cm³/mol. The molecule has 3 rings (SSSR count). The summed E-state index contributed by atoms with van der Waals surface area (Å²) in [4.78, 5) is 28.9. The summed E-state index contributed by atoms with van der Waals surface area (Å²) in [6, 6.07) is 1.99. The highest BCUT2D eigenvalue weighted by Gasteiger charge is 2.35. The van der Waals surface area contributed by atoms with E-state index in [0.717, 1.165) is 13.0 Å². The molecule has 0 spiro atoms. The quantitative estimate of drug-likeness (QED) is 0.773. The maximum absolute atomic E-state index is 12.6. The smallest absolute Gasteiger partial charge is 0.293 e. The number of rotatable bonds is 4. The number of likely N-dealkylation sites (tertiary alicyclic amines) is 1. The van der Waals surface area contributed by atoms with Crippen molar-refractivity contribution >= 4 is 11.4 Å². The number of amides is 1. The molecule has 1 saturated heterocycles. The molecule has 2 atom stereocenters. The Kier molecular flexibility index (Phi) is 4.16. The maximum Gasteiger partial charge on any atom is 0.293 e. The number of fused-ring (bicyclic) bond motifs is 1. The van der Waals surface area contributed by atoms with Crippen molar-refractivity contribution < 1.29 is 4.79 Å². The second kappa shape index (κ2) is 6.11. The summed E-state index contributed by atoms with van der Waals surface area (Å²) in [5.41, 5.74) is 0.126. The molecule has 1 aliphatic heterocycles. The van der Waals surface area contributed by atoms with Crippen molar-refractivity contribution in [3.05, 3.63) is 28.9 Å². The maximum atomic E-state index is 12.6. The molecule has 0 saturated carbocycles. The third-order valence-corrected chi connectivity index (χ3v) is 4.66. The van der Waals surface area contributed by atoms with Crippen LogP contribution in [0.5, 0.6) is 0 Å². The van der Waals surface area contributed by atoms with E-state index in [2.05, 4.69) is 22.0 Å². The van der Waals surface area contributed by atoms with Crippen molar-refractivity contribution in [2.24, 2.45) is 5.92 Å². The number of nitrogens with zero attached hydrogens (tertiary/aromatic N) is 6. The molecule has 23 heavy (non-hydrogen) atoms. The van der Waals surface area contributed by atoms with E-state index in [-0.39, 0.29) is 18.0 Å². The van der Waals surface area contributed by atoms with Gasteiger partial charge in [-0.1, -0.05) is 13.3 Å². The van der Waals surface area contributed by atoms with Crippen LogP contribution < -0.4 is 5.56 Å². The van der Waals surface area contributed by atoms with E-state index in [0.29, 0.717) is 24.0 Å². The van der Waals surface area contributed by atoms with Crippen LogP contribution in [0.3, 0.4) is 0 Å². The highest BCUT2D eigenvalue weighted by molar-refractivity contribution is 5.76. The minimum absolute atomic E-state index is 0.0307. The van der Waals surface area contributed by atoms with Gasteiger partial charge in [-0.3, -0.25) is 9.59 Å². The summed E-state index contributed by atoms with van der Waals surface area (Å²) in [7, 11) is 4.09. The van der Waals surface area contributed by atoms with E-state index in [9.17, 15) is 9.59 Å². The van der Waals surface area contributed by atoms with Gasteiger partial charge in [0.2, 0.25) is 5.91 Å². The lowest BCUT2D eigenvalue weighted by atomic mass is 10.0. The van der Waals surface area contributed by atoms with Crippen LogP contribution in [-0.4, -0.2) is 68.3 Å². The van der Waals surface area contributed by atoms with Crippen LogP contribution in [-0.2, 0) is 11.3 Å². The van der Waals surface area contributed by atoms with E-state index < -0.39 is 0 Å². The van der Waals surface area contributed by atoms with Crippen LogP contribution in [0.25, 0.3) is 5.52 Å². The van der Waals surface area contributed by atoms with Gasteiger partial charge < -0.3 is 9.80 Å². The van der Waals surface area contributed by atoms with E-state index in [1.54, 1.807) is 12.3 Å². The molecule has 8 nitrogen and oxygen atoms in total. The van der Waals surface area contributed by atoms with Crippen molar-refractivity contribution in [2.45, 2.75) is 25.9 Å². The number of likely N-dealkylation sites (N-methyl/N-ethyl adjacent to an activating group) is 1. The van der Waals surface area contributed by atoms with Gasteiger partial charge in [0.25, 0.3) is 5.56 Å². The largest absolute Gasteiger partial charge is 0.339 e. The van der Waals surface area contributed by atoms with E-state index in [4.69, 9.17) is 0 Å². The topological polar surface area (TPSA) is 75.7 Å². The molecule has 0 N–H and O–H groups in total. The van der Waals surface area contributed by atoms with Crippen molar-refractivity contribution in [1.82, 2.24) is 29.2 Å². The number of hydrogen-bond acceptors (Lipinski definition) is 5. The van der Waals surface area contributed by atoms with Gasteiger partial charge in [-0.2, -0.15) is 10.2 Å². The first kappa shape index (κ1) is 15.7. The molecular formula is C15H22N6O2. The summed E-state index contributed by atoms with van der Waals surface area (Å²) in [6.45, 7) is 3.56. The highest BCUT2D eigenvalue weighted by atomic mass is 16.2. The second-order valence-corrected chi connectivity index (χ2v) is 6.25. The lowest BCUT2D eigenvalue weighted by molar-refractivity contribution is -0.131. The fraction of sp³-hybridized carbons (Fsp3) is 0.600. The molecule has 3 heterocycles. The first-order valence-electron chi connectivity index (χ1n) is 7.85. The average Bonchev–Trinajstić information content (AvgIpc) is 3.16. The van der Waals surface area contributed by atoms with Crippen molar-refractivity contribution in [2.75, 3.05) is 27.2 Å². The fourth-order valence-corrected chi connectivity index (χ4v) is 3.26. The zero-order chi connectivity index (χ0) is 16.6. The zero-order valence-electron chi connectivity index (χ0n) is 13.7. The molecule has 124 valence electrons. The Morgan fingerprint density at radius 1 is 1.35 bits per heavy atom. The van der Waals surface area contributed by atoms with Crippen LogP contribution in [0.15, 0.2) is 23.4 Å². The fourth-order valence-electron chi connectivity index (χ4n) is 3.26. The van der Waals surface area contributed by atoms with E-state index in [1.807, 2.05) is 19.0 Å². The van der Waals surface area contributed by atoms with Gasteiger partial charge in [0.15, 0.2) is 0 Å². The SMILES string of the molecule is CC[C@H]1CN(C(=O)Cn2ncn3nccc3c2=O)C[C@@H]1N(C)C. The summed E-state index contributed by atoms with van der Waals surface area (Å²) in [5.74, 6) is 0.405. The van der Waals surface area contributed by atoms with Crippen LogP contribution >= 0.6 is 0 Å². The Bertz CT molecular complexity index is 765. The molecule has 1 amide bonds. The number of carbonyl (C=O) groups is 1. The number of aromatic nitrogens is 4. The van der Waals surface area contributed by atoms with Gasteiger partial charge in [0.05, 0.1) is 6.20 Å². The summed E-state index contributed by atoms with van der Waals surface area (Å²) < 4.78 is 2.62. The molecule has 2 aromatic rings. The summed E-state index contributed by atoms with van der Waals surface area (Å²) in [5, 5.41) is 8.00. The first-order chi connectivity index (χ1) is 11.0. The molecule has 1 aliphatic rings. The van der Waals surface area contributed by atoms with Gasteiger partial charge in [-0.15, -0.1) is 0 Å². The molecule has 0 bridgehead atoms. The standard InChI is InChI=1S/C15H22N6O2/c1-4-11-7-19(8-13(11)18(2)3)14(22)9-20-15(23)12-5-6-16-21(12)10-17-20/h5-6,10-11,13H,4,7-9H2,1-3H3/t11-,13-/m0/s1. The Labute approximate surface area is 134 Å². The van der Waals surface area contributed by atoms with Crippen LogP contribution in [0.2, 0.25) is 0 Å². The zero-order valence-corrected chi connectivity index (χ0v) is 13.7. The molecule has 0 unspecified atom stereocenters. The van der Waals surface area contributed by atoms with Gasteiger partial charge in [0, 0.05) is 19.1 Å². The molecular weight excluding hydrogens is 296 g/mol. The lowest BCUT2D eigenvalue weighted by Gasteiger charge is -2.23. The van der Waals surface area contributed by atoms with Crippen LogP contribution in [0.4, 0.5) is 0 Å². The minimum Gasteiger partial charge on any atom is -0.339 e.